The van der Waals surface area contributed by atoms with E-state index in [0.29, 0.717) is 0 Å². The molecule has 1 aromatic heterocycles. The molecule has 2 aliphatic heterocycles. The van der Waals surface area contributed by atoms with Crippen LogP contribution in [-0.2, 0) is 0 Å². The van der Waals surface area contributed by atoms with Crippen molar-refractivity contribution in [2.75, 3.05) is 4.90 Å². The van der Waals surface area contributed by atoms with Crippen molar-refractivity contribution in [3.63, 3.8) is 0 Å². The molecule has 0 fully saturated rings. The Morgan fingerprint density at radius 2 is 0.887 bits per heavy atom. The fourth-order valence-corrected chi connectivity index (χ4v) is 17.8. The van der Waals surface area contributed by atoms with Gasteiger partial charge in [-0.15, -0.1) is 0 Å². The van der Waals surface area contributed by atoms with Gasteiger partial charge in [-0.1, -0.05) is 176 Å². The number of hydrogen-bond donors (Lipinski definition) is 0. The predicted octanol–water partition coefficient (Wildman–Crippen LogP) is 13.4. The number of fused-ring (bicyclic) bond motifs is 13. The van der Waals surface area contributed by atoms with E-state index < -0.39 is 8.07 Å². The SMILES string of the molecule is c1ccc2c(c1)Sc1cc(-c3ccc(N(c4ccc(-c5cccc6ccccc56)cc4)c4ccc5c(c4)oc4ccccc45)cc3)ccc1[Si]21c2ccccc2-c2ccccc21. The summed E-state index contributed by atoms with van der Waals surface area (Å²) >= 11 is 1.92. The third kappa shape index (κ3) is 5.24. The Bertz CT molecular complexity index is 3520. The van der Waals surface area contributed by atoms with Gasteiger partial charge in [0.15, 0.2) is 8.07 Å². The van der Waals surface area contributed by atoms with Crippen LogP contribution < -0.4 is 25.6 Å². The highest BCUT2D eigenvalue weighted by Gasteiger charge is 2.52. The van der Waals surface area contributed by atoms with Gasteiger partial charge in [-0.05, 0) is 119 Å². The van der Waals surface area contributed by atoms with E-state index in [1.807, 2.05) is 23.9 Å². The van der Waals surface area contributed by atoms with Gasteiger partial charge in [-0.25, -0.2) is 0 Å². The second-order valence-electron chi connectivity index (χ2n) is 16.4. The van der Waals surface area contributed by atoms with E-state index >= 15 is 0 Å². The van der Waals surface area contributed by atoms with Crippen LogP contribution in [-0.4, -0.2) is 8.07 Å². The average molecular weight is 824 g/mol. The van der Waals surface area contributed by atoms with Gasteiger partial charge >= 0.3 is 0 Å². The normalized spacial score (nSPS) is 13.2. The molecule has 0 N–H and O–H groups in total. The molecule has 0 bridgehead atoms. The Kier molecular flexibility index (Phi) is 7.89. The number of rotatable bonds is 5. The summed E-state index contributed by atoms with van der Waals surface area (Å²) in [5.74, 6) is 0. The van der Waals surface area contributed by atoms with Crippen LogP contribution in [0.3, 0.4) is 0 Å². The molecule has 10 aromatic carbocycles. The second-order valence-corrected chi connectivity index (χ2v) is 21.1. The summed E-state index contributed by atoms with van der Waals surface area (Å²) < 4.78 is 6.43. The van der Waals surface area contributed by atoms with E-state index in [-0.39, 0.29) is 0 Å². The molecule has 4 heteroatoms. The quantitative estimate of drug-likeness (QED) is 0.161. The van der Waals surface area contributed by atoms with Gasteiger partial charge < -0.3 is 9.32 Å². The molecule has 13 rings (SSSR count). The van der Waals surface area contributed by atoms with Crippen LogP contribution in [0.2, 0.25) is 0 Å². The summed E-state index contributed by atoms with van der Waals surface area (Å²) in [6.45, 7) is 0. The van der Waals surface area contributed by atoms with Crippen molar-refractivity contribution in [1.82, 2.24) is 0 Å². The monoisotopic (exact) mass is 823 g/mol. The first-order valence-corrected chi connectivity index (χ1v) is 24.1. The third-order valence-electron chi connectivity index (χ3n) is 13.2. The van der Waals surface area contributed by atoms with Crippen LogP contribution >= 0.6 is 11.8 Å². The number of benzene rings is 10. The molecular formula is C58H37NOSSi. The van der Waals surface area contributed by atoms with E-state index in [9.17, 15) is 0 Å². The molecule has 0 atom stereocenters. The minimum absolute atomic E-state index is 0.875. The van der Waals surface area contributed by atoms with Gasteiger partial charge in [0.25, 0.3) is 0 Å². The first kappa shape index (κ1) is 35.4. The van der Waals surface area contributed by atoms with Crippen molar-refractivity contribution < 1.29 is 4.42 Å². The first-order chi connectivity index (χ1) is 30.7. The van der Waals surface area contributed by atoms with Crippen LogP contribution in [0.1, 0.15) is 0 Å². The largest absolute Gasteiger partial charge is 0.456 e. The van der Waals surface area contributed by atoms with E-state index in [4.69, 9.17) is 4.42 Å². The zero-order chi connectivity index (χ0) is 40.8. The van der Waals surface area contributed by atoms with Crippen molar-refractivity contribution in [1.29, 1.82) is 0 Å². The third-order valence-corrected chi connectivity index (χ3v) is 19.6. The summed E-state index contributed by atoms with van der Waals surface area (Å²) in [6, 6.07) is 82.8. The number of hydrogen-bond acceptors (Lipinski definition) is 3. The Morgan fingerprint density at radius 1 is 0.339 bits per heavy atom. The number of anilines is 3. The molecule has 3 heterocycles. The molecule has 0 saturated carbocycles. The molecule has 1 spiro atoms. The molecule has 0 radical (unpaired) electrons. The highest BCUT2D eigenvalue weighted by molar-refractivity contribution is 8.00. The molecule has 0 unspecified atom stereocenters. The second kappa shape index (κ2) is 13.8. The molecule has 0 amide bonds. The minimum Gasteiger partial charge on any atom is -0.456 e. The smallest absolute Gasteiger partial charge is 0.183 e. The van der Waals surface area contributed by atoms with E-state index in [2.05, 4.69) is 217 Å². The van der Waals surface area contributed by atoms with Crippen molar-refractivity contribution in [2.45, 2.75) is 9.79 Å². The summed E-state index contributed by atoms with van der Waals surface area (Å²) in [5, 5.41) is 10.7. The van der Waals surface area contributed by atoms with Crippen molar-refractivity contribution >= 4 is 90.4 Å². The van der Waals surface area contributed by atoms with Crippen LogP contribution in [0.5, 0.6) is 0 Å². The molecule has 62 heavy (non-hydrogen) atoms. The van der Waals surface area contributed by atoms with Gasteiger partial charge in [0.2, 0.25) is 0 Å². The Hall–Kier alpha value is -7.37. The molecule has 11 aromatic rings. The summed E-state index contributed by atoms with van der Waals surface area (Å²) in [7, 11) is -2.53. The maximum atomic E-state index is 6.43. The Balaban J connectivity index is 0.916. The lowest BCUT2D eigenvalue weighted by atomic mass is 9.98. The molecule has 290 valence electrons. The van der Waals surface area contributed by atoms with Crippen LogP contribution in [0.15, 0.2) is 239 Å². The number of para-hydroxylation sites is 1. The molecule has 0 saturated heterocycles. The highest BCUT2D eigenvalue weighted by Crippen LogP contribution is 2.42. The topological polar surface area (TPSA) is 16.4 Å². The Morgan fingerprint density at radius 3 is 1.66 bits per heavy atom. The van der Waals surface area contributed by atoms with Gasteiger partial charge in [0, 0.05) is 43.7 Å². The molecule has 2 aliphatic rings. The summed E-state index contributed by atoms with van der Waals surface area (Å²) in [6.07, 6.45) is 0. The standard InChI is InChI=1S/C58H37NOSSi/c1-2-14-45-39(12-1)13-11-18-46(45)40-26-31-43(32-27-40)59(44-33-34-48-47-15-3-6-19-51(47)60-52(48)37-44)42-29-24-38(25-30-42)41-28-35-58-54(36-41)61-53-20-7-10-23-57(53)62(58)55-21-8-4-16-49(55)50-17-5-9-22-56(50)62/h1-37H. The summed E-state index contributed by atoms with van der Waals surface area (Å²) in [4.78, 5) is 5.07. The zero-order valence-electron chi connectivity index (χ0n) is 33.6. The Labute approximate surface area is 365 Å². The average Bonchev–Trinajstić information content (AvgIpc) is 3.85. The summed E-state index contributed by atoms with van der Waals surface area (Å²) in [5.41, 5.74) is 12.6. The zero-order valence-corrected chi connectivity index (χ0v) is 35.4. The highest BCUT2D eigenvalue weighted by atomic mass is 32.2. The van der Waals surface area contributed by atoms with E-state index in [0.717, 1.165) is 39.0 Å². The molecular weight excluding hydrogens is 787 g/mol. The molecule has 0 aliphatic carbocycles. The van der Waals surface area contributed by atoms with Gasteiger partial charge in [-0.3, -0.25) is 0 Å². The van der Waals surface area contributed by atoms with Crippen LogP contribution in [0.4, 0.5) is 17.1 Å². The lowest BCUT2D eigenvalue weighted by molar-refractivity contribution is 0.669. The van der Waals surface area contributed by atoms with Crippen LogP contribution in [0, 0.1) is 0 Å². The number of furan rings is 1. The maximum Gasteiger partial charge on any atom is 0.183 e. The molecule has 2 nitrogen and oxygen atoms in total. The van der Waals surface area contributed by atoms with Crippen LogP contribution in [0.25, 0.3) is 66.1 Å². The van der Waals surface area contributed by atoms with Crippen molar-refractivity contribution in [2.24, 2.45) is 0 Å². The van der Waals surface area contributed by atoms with Gasteiger partial charge in [0.1, 0.15) is 11.2 Å². The van der Waals surface area contributed by atoms with Gasteiger partial charge in [0.05, 0.1) is 0 Å². The van der Waals surface area contributed by atoms with E-state index in [1.165, 1.54) is 74.7 Å². The predicted molar refractivity (Wildman–Crippen MR) is 264 cm³/mol. The van der Waals surface area contributed by atoms with Gasteiger partial charge in [-0.2, -0.15) is 0 Å². The minimum atomic E-state index is -2.53. The fourth-order valence-electron chi connectivity index (χ4n) is 10.4. The maximum absolute atomic E-state index is 6.43. The first-order valence-electron chi connectivity index (χ1n) is 21.2. The van der Waals surface area contributed by atoms with E-state index in [1.54, 1.807) is 0 Å². The fraction of sp³-hybridized carbons (Fsp3) is 0. The number of nitrogens with zero attached hydrogens (tertiary/aromatic N) is 1. The lowest BCUT2D eigenvalue weighted by Gasteiger charge is -2.37. The van der Waals surface area contributed by atoms with Crippen molar-refractivity contribution in [3.05, 3.63) is 224 Å². The lowest BCUT2D eigenvalue weighted by Crippen LogP contribution is -2.74. The van der Waals surface area contributed by atoms with Crippen molar-refractivity contribution in [3.8, 4) is 33.4 Å².